The van der Waals surface area contributed by atoms with Gasteiger partial charge in [0.2, 0.25) is 5.69 Å². The van der Waals surface area contributed by atoms with E-state index < -0.39 is 28.4 Å². The van der Waals surface area contributed by atoms with Crippen molar-refractivity contribution in [2.45, 2.75) is 0 Å². The molecule has 1 rings (SSSR count). The van der Waals surface area contributed by atoms with Gasteiger partial charge in [-0.1, -0.05) is 0 Å². The highest BCUT2D eigenvalue weighted by molar-refractivity contribution is 5.96. The molecule has 80 valence electrons. The summed E-state index contributed by atoms with van der Waals surface area (Å²) in [6.45, 7) is 0. The SMILES string of the molecule is NC(=O)NNC(=O)c1nc[nH]c1[N+](=O)[O-]. The molecule has 1 aromatic heterocycles. The van der Waals surface area contributed by atoms with E-state index >= 15 is 0 Å². The summed E-state index contributed by atoms with van der Waals surface area (Å²) in [5, 5.41) is 10.4. The van der Waals surface area contributed by atoms with Crippen molar-refractivity contribution in [1.82, 2.24) is 20.8 Å². The number of aromatic nitrogens is 2. The number of nitrogens with two attached hydrogens (primary N) is 1. The van der Waals surface area contributed by atoms with Crippen LogP contribution < -0.4 is 16.6 Å². The predicted octanol–water partition coefficient (Wildman–Crippen LogP) is -1.37. The second-order valence-corrected chi connectivity index (χ2v) is 2.30. The lowest BCUT2D eigenvalue weighted by atomic mass is 10.4. The monoisotopic (exact) mass is 214 g/mol. The lowest BCUT2D eigenvalue weighted by Gasteiger charge is -2.01. The molecule has 0 bridgehead atoms. The van der Waals surface area contributed by atoms with Gasteiger partial charge >= 0.3 is 11.8 Å². The normalized spacial score (nSPS) is 9.33. The van der Waals surface area contributed by atoms with Crippen LogP contribution in [0.25, 0.3) is 0 Å². The van der Waals surface area contributed by atoms with Crippen molar-refractivity contribution < 1.29 is 14.5 Å². The minimum absolute atomic E-state index is 0.450. The Morgan fingerprint density at radius 3 is 2.73 bits per heavy atom. The van der Waals surface area contributed by atoms with Gasteiger partial charge in [0.25, 0.3) is 5.91 Å². The zero-order valence-electron chi connectivity index (χ0n) is 7.18. The Morgan fingerprint density at radius 2 is 2.20 bits per heavy atom. The highest BCUT2D eigenvalue weighted by Crippen LogP contribution is 2.11. The fourth-order valence-electron chi connectivity index (χ4n) is 0.770. The number of amides is 3. The first-order valence-electron chi connectivity index (χ1n) is 3.56. The van der Waals surface area contributed by atoms with E-state index in [1.165, 1.54) is 0 Å². The Balaban J connectivity index is 2.78. The number of aromatic amines is 1. The van der Waals surface area contributed by atoms with Gasteiger partial charge in [0.1, 0.15) is 0 Å². The maximum absolute atomic E-state index is 11.2. The van der Waals surface area contributed by atoms with Gasteiger partial charge < -0.3 is 15.8 Å². The fourth-order valence-corrected chi connectivity index (χ4v) is 0.770. The molecule has 1 aromatic rings. The first kappa shape index (κ1) is 10.4. The van der Waals surface area contributed by atoms with Crippen LogP contribution in [0.15, 0.2) is 6.33 Å². The molecule has 5 N–H and O–H groups in total. The molecular weight excluding hydrogens is 208 g/mol. The molecule has 0 radical (unpaired) electrons. The topological polar surface area (TPSA) is 156 Å². The Morgan fingerprint density at radius 1 is 1.53 bits per heavy atom. The van der Waals surface area contributed by atoms with Gasteiger partial charge in [-0.15, -0.1) is 0 Å². The van der Waals surface area contributed by atoms with Crippen LogP contribution in [-0.2, 0) is 0 Å². The van der Waals surface area contributed by atoms with Crippen molar-refractivity contribution in [1.29, 1.82) is 0 Å². The zero-order chi connectivity index (χ0) is 11.4. The Kier molecular flexibility index (Phi) is 2.81. The Hall–Kier alpha value is -2.65. The van der Waals surface area contributed by atoms with Crippen LogP contribution in [-0.4, -0.2) is 26.8 Å². The van der Waals surface area contributed by atoms with Crippen molar-refractivity contribution in [2.75, 3.05) is 0 Å². The van der Waals surface area contributed by atoms with Gasteiger partial charge in [-0.2, -0.15) is 0 Å². The van der Waals surface area contributed by atoms with E-state index in [1.54, 1.807) is 5.43 Å². The van der Waals surface area contributed by atoms with Gasteiger partial charge in [-0.3, -0.25) is 10.2 Å². The second kappa shape index (κ2) is 4.04. The van der Waals surface area contributed by atoms with E-state index in [4.69, 9.17) is 0 Å². The smallest absolute Gasteiger partial charge is 0.353 e. The molecule has 0 aliphatic rings. The molecule has 15 heavy (non-hydrogen) atoms. The zero-order valence-corrected chi connectivity index (χ0v) is 7.18. The van der Waals surface area contributed by atoms with Crippen LogP contribution in [0.3, 0.4) is 0 Å². The number of hydrogen-bond donors (Lipinski definition) is 4. The van der Waals surface area contributed by atoms with E-state index in [-0.39, 0.29) is 0 Å². The van der Waals surface area contributed by atoms with E-state index in [0.29, 0.717) is 0 Å². The molecule has 0 atom stereocenters. The van der Waals surface area contributed by atoms with Crippen molar-refractivity contribution in [2.24, 2.45) is 5.73 Å². The molecule has 0 saturated heterocycles. The summed E-state index contributed by atoms with van der Waals surface area (Å²) in [7, 11) is 0. The molecule has 0 unspecified atom stereocenters. The van der Waals surface area contributed by atoms with Gasteiger partial charge in [0.15, 0.2) is 6.33 Å². The molecule has 0 aliphatic carbocycles. The lowest BCUT2D eigenvalue weighted by Crippen LogP contribution is -2.44. The fraction of sp³-hybridized carbons (Fsp3) is 0. The van der Waals surface area contributed by atoms with Crippen molar-refractivity contribution in [3.63, 3.8) is 0 Å². The molecule has 10 nitrogen and oxygen atoms in total. The van der Waals surface area contributed by atoms with Gasteiger partial charge in [-0.05, 0) is 4.92 Å². The third-order valence-corrected chi connectivity index (χ3v) is 1.32. The number of imidazole rings is 1. The molecule has 1 heterocycles. The third kappa shape index (κ3) is 2.40. The lowest BCUT2D eigenvalue weighted by molar-refractivity contribution is -0.389. The molecule has 3 amide bonds. The number of primary amides is 1. The standard InChI is InChI=1S/C5H6N6O4/c6-5(13)10-9-4(12)2-3(11(14)15)8-1-7-2/h1H,(H,7,8)(H,9,12)(H3,6,10,13). The summed E-state index contributed by atoms with van der Waals surface area (Å²) in [6, 6.07) is -0.999. The number of hydrogen-bond acceptors (Lipinski definition) is 5. The summed E-state index contributed by atoms with van der Waals surface area (Å²) < 4.78 is 0. The molecule has 0 fully saturated rings. The van der Waals surface area contributed by atoms with E-state index in [9.17, 15) is 19.7 Å². The highest BCUT2D eigenvalue weighted by Gasteiger charge is 2.22. The molecule has 0 aliphatic heterocycles. The van der Waals surface area contributed by atoms with Crippen molar-refractivity contribution in [3.8, 4) is 0 Å². The molecule has 10 heteroatoms. The Bertz CT molecular complexity index is 411. The quantitative estimate of drug-likeness (QED) is 0.353. The average molecular weight is 214 g/mol. The number of carbonyl (C=O) groups excluding carboxylic acids is 2. The van der Waals surface area contributed by atoms with E-state index in [1.807, 2.05) is 5.43 Å². The van der Waals surface area contributed by atoms with Gasteiger partial charge in [-0.25, -0.2) is 20.2 Å². The largest absolute Gasteiger partial charge is 0.358 e. The number of rotatable bonds is 2. The molecular formula is C5H6N6O4. The third-order valence-electron chi connectivity index (χ3n) is 1.32. The van der Waals surface area contributed by atoms with Crippen LogP contribution in [0, 0.1) is 10.1 Å². The highest BCUT2D eigenvalue weighted by atomic mass is 16.6. The van der Waals surface area contributed by atoms with Gasteiger partial charge in [0.05, 0.1) is 0 Å². The number of H-pyrrole nitrogens is 1. The maximum Gasteiger partial charge on any atom is 0.353 e. The summed E-state index contributed by atoms with van der Waals surface area (Å²) in [5.41, 5.74) is 7.81. The maximum atomic E-state index is 11.2. The summed E-state index contributed by atoms with van der Waals surface area (Å²) in [5.74, 6) is -1.51. The minimum atomic E-state index is -0.999. The molecule has 0 saturated carbocycles. The first-order valence-corrected chi connectivity index (χ1v) is 3.56. The predicted molar refractivity (Wildman–Crippen MR) is 45.4 cm³/mol. The van der Waals surface area contributed by atoms with Crippen LogP contribution in [0.1, 0.15) is 10.5 Å². The molecule has 0 aromatic carbocycles. The van der Waals surface area contributed by atoms with Crippen molar-refractivity contribution >= 4 is 17.8 Å². The van der Waals surface area contributed by atoms with Crippen LogP contribution in [0.2, 0.25) is 0 Å². The van der Waals surface area contributed by atoms with E-state index in [2.05, 4.69) is 15.7 Å². The van der Waals surface area contributed by atoms with Crippen molar-refractivity contribution in [3.05, 3.63) is 22.1 Å². The van der Waals surface area contributed by atoms with Crippen LogP contribution in [0.4, 0.5) is 10.6 Å². The number of nitrogens with one attached hydrogen (secondary N) is 3. The number of urea groups is 1. The summed E-state index contributed by atoms with van der Waals surface area (Å²) in [4.78, 5) is 36.5. The molecule has 0 spiro atoms. The minimum Gasteiger partial charge on any atom is -0.358 e. The summed E-state index contributed by atoms with van der Waals surface area (Å²) in [6.07, 6.45) is 0.983. The Labute approximate surface area is 82.0 Å². The number of nitro groups is 1. The average Bonchev–Trinajstić information content (AvgIpc) is 2.62. The van der Waals surface area contributed by atoms with Crippen LogP contribution >= 0.6 is 0 Å². The van der Waals surface area contributed by atoms with Crippen LogP contribution in [0.5, 0.6) is 0 Å². The second-order valence-electron chi connectivity index (χ2n) is 2.30. The van der Waals surface area contributed by atoms with Gasteiger partial charge in [0, 0.05) is 0 Å². The number of nitrogens with zero attached hydrogens (tertiary/aromatic N) is 2. The van der Waals surface area contributed by atoms with E-state index in [0.717, 1.165) is 6.33 Å². The summed E-state index contributed by atoms with van der Waals surface area (Å²) >= 11 is 0. The number of carbonyl (C=O) groups is 2. The first-order chi connectivity index (χ1) is 7.02. The number of hydrazine groups is 1.